The third-order valence-corrected chi connectivity index (χ3v) is 3.06. The molecule has 0 aromatic carbocycles. The Morgan fingerprint density at radius 1 is 1.13 bits per heavy atom. The van der Waals surface area contributed by atoms with E-state index in [9.17, 15) is 0 Å². The van der Waals surface area contributed by atoms with Crippen molar-refractivity contribution in [1.82, 2.24) is 0 Å². The van der Waals surface area contributed by atoms with Crippen LogP contribution in [-0.4, -0.2) is 32.8 Å². The number of rotatable bonds is 8. The summed E-state index contributed by atoms with van der Waals surface area (Å²) >= 11 is 5.95. The molecule has 92 valence electrons. The van der Waals surface area contributed by atoms with Gasteiger partial charge in [0, 0.05) is 19.6 Å². The molecule has 0 aliphatic carbocycles. The average Bonchev–Trinajstić information content (AvgIpc) is 2.15. The summed E-state index contributed by atoms with van der Waals surface area (Å²) in [6.07, 6.45) is 2.22. The molecule has 0 amide bonds. The monoisotopic (exact) mass is 236 g/mol. The molecule has 0 aliphatic heterocycles. The van der Waals surface area contributed by atoms with Gasteiger partial charge in [-0.05, 0) is 24.2 Å². The first-order valence-corrected chi connectivity index (χ1v) is 6.18. The maximum absolute atomic E-state index is 5.95. The van der Waals surface area contributed by atoms with E-state index in [-0.39, 0.29) is 0 Å². The molecule has 0 saturated heterocycles. The van der Waals surface area contributed by atoms with Crippen LogP contribution in [0.3, 0.4) is 0 Å². The summed E-state index contributed by atoms with van der Waals surface area (Å²) in [6, 6.07) is 0. The minimum absolute atomic E-state index is 0.300. The van der Waals surface area contributed by atoms with E-state index in [1.807, 2.05) is 0 Å². The smallest absolute Gasteiger partial charge is 0.0700 e. The zero-order chi connectivity index (χ0) is 11.7. The van der Waals surface area contributed by atoms with Gasteiger partial charge in [0.1, 0.15) is 0 Å². The van der Waals surface area contributed by atoms with Gasteiger partial charge in [0.2, 0.25) is 0 Å². The SMILES string of the molecule is COCCOCCCC(CCl)C(C)(C)C. The van der Waals surface area contributed by atoms with E-state index >= 15 is 0 Å². The Bertz CT molecular complexity index is 143. The maximum atomic E-state index is 5.95. The van der Waals surface area contributed by atoms with Crippen molar-refractivity contribution in [2.24, 2.45) is 11.3 Å². The van der Waals surface area contributed by atoms with Gasteiger partial charge in [0.15, 0.2) is 0 Å². The summed E-state index contributed by atoms with van der Waals surface area (Å²) in [5.41, 5.74) is 0.300. The van der Waals surface area contributed by atoms with Crippen molar-refractivity contribution in [2.45, 2.75) is 33.6 Å². The molecule has 15 heavy (non-hydrogen) atoms. The van der Waals surface area contributed by atoms with E-state index in [2.05, 4.69) is 20.8 Å². The van der Waals surface area contributed by atoms with Gasteiger partial charge in [0.05, 0.1) is 13.2 Å². The van der Waals surface area contributed by atoms with E-state index in [4.69, 9.17) is 21.1 Å². The van der Waals surface area contributed by atoms with Gasteiger partial charge in [-0.3, -0.25) is 0 Å². The third kappa shape index (κ3) is 8.06. The first-order chi connectivity index (χ1) is 7.02. The quantitative estimate of drug-likeness (QED) is 0.476. The molecular formula is C12H25ClO2. The Morgan fingerprint density at radius 2 is 1.80 bits per heavy atom. The van der Waals surface area contributed by atoms with Crippen LogP contribution in [0.2, 0.25) is 0 Å². The lowest BCUT2D eigenvalue weighted by Gasteiger charge is -2.28. The molecule has 0 aromatic rings. The van der Waals surface area contributed by atoms with E-state index < -0.39 is 0 Å². The summed E-state index contributed by atoms with van der Waals surface area (Å²) in [7, 11) is 1.69. The first-order valence-electron chi connectivity index (χ1n) is 5.65. The summed E-state index contributed by atoms with van der Waals surface area (Å²) < 4.78 is 10.3. The molecule has 1 unspecified atom stereocenters. The van der Waals surface area contributed by atoms with Gasteiger partial charge in [-0.15, -0.1) is 11.6 Å². The fraction of sp³-hybridized carbons (Fsp3) is 1.00. The van der Waals surface area contributed by atoms with Crippen molar-refractivity contribution in [3.8, 4) is 0 Å². The highest BCUT2D eigenvalue weighted by Gasteiger charge is 2.22. The molecule has 2 nitrogen and oxygen atoms in total. The van der Waals surface area contributed by atoms with Crippen molar-refractivity contribution < 1.29 is 9.47 Å². The molecule has 0 spiro atoms. The van der Waals surface area contributed by atoms with Gasteiger partial charge in [-0.25, -0.2) is 0 Å². The highest BCUT2D eigenvalue weighted by atomic mass is 35.5. The second-order valence-corrected chi connectivity index (χ2v) is 5.27. The van der Waals surface area contributed by atoms with Crippen molar-refractivity contribution in [1.29, 1.82) is 0 Å². The lowest BCUT2D eigenvalue weighted by atomic mass is 9.79. The second kappa shape index (κ2) is 8.37. The molecule has 0 aliphatic rings. The molecule has 0 bridgehead atoms. The zero-order valence-corrected chi connectivity index (χ0v) is 11.3. The lowest BCUT2D eigenvalue weighted by molar-refractivity contribution is 0.0651. The van der Waals surface area contributed by atoms with E-state index in [0.29, 0.717) is 24.5 Å². The minimum atomic E-state index is 0.300. The Morgan fingerprint density at radius 3 is 2.27 bits per heavy atom. The molecule has 1 atom stereocenters. The molecule has 3 heteroatoms. The summed E-state index contributed by atoms with van der Waals surface area (Å²) in [5, 5.41) is 0. The van der Waals surface area contributed by atoms with Crippen LogP contribution >= 0.6 is 11.6 Å². The standard InChI is InChI=1S/C12H25ClO2/c1-12(2,3)11(10-13)6-5-7-15-9-8-14-4/h11H,5-10H2,1-4H3. The van der Waals surface area contributed by atoms with Crippen LogP contribution in [0, 0.1) is 11.3 Å². The van der Waals surface area contributed by atoms with E-state index in [1.54, 1.807) is 7.11 Å². The number of hydrogen-bond acceptors (Lipinski definition) is 2. The van der Waals surface area contributed by atoms with Gasteiger partial charge < -0.3 is 9.47 Å². The number of methoxy groups -OCH3 is 1. The summed E-state index contributed by atoms with van der Waals surface area (Å²) in [5.74, 6) is 1.31. The number of alkyl halides is 1. The molecule has 0 N–H and O–H groups in total. The number of halogens is 1. The Labute approximate surface area is 99.3 Å². The van der Waals surface area contributed by atoms with Gasteiger partial charge in [-0.1, -0.05) is 20.8 Å². The van der Waals surface area contributed by atoms with Crippen LogP contribution < -0.4 is 0 Å². The zero-order valence-electron chi connectivity index (χ0n) is 10.5. The van der Waals surface area contributed by atoms with Crippen LogP contribution in [0.1, 0.15) is 33.6 Å². The third-order valence-electron chi connectivity index (χ3n) is 2.68. The number of ether oxygens (including phenoxy) is 2. The normalized spacial score (nSPS) is 14.2. The van der Waals surface area contributed by atoms with Crippen molar-refractivity contribution in [2.75, 3.05) is 32.8 Å². The van der Waals surface area contributed by atoms with Crippen LogP contribution in [0.5, 0.6) is 0 Å². The fourth-order valence-corrected chi connectivity index (χ4v) is 2.03. The van der Waals surface area contributed by atoms with Crippen LogP contribution in [0.25, 0.3) is 0 Å². The first kappa shape index (κ1) is 15.2. The summed E-state index contributed by atoms with van der Waals surface area (Å²) in [6.45, 7) is 8.91. The van der Waals surface area contributed by atoms with Gasteiger partial charge >= 0.3 is 0 Å². The highest BCUT2D eigenvalue weighted by molar-refractivity contribution is 6.18. The molecular weight excluding hydrogens is 212 g/mol. The largest absolute Gasteiger partial charge is 0.382 e. The Balaban J connectivity index is 3.48. The van der Waals surface area contributed by atoms with Crippen LogP contribution in [-0.2, 0) is 9.47 Å². The number of hydrogen-bond donors (Lipinski definition) is 0. The highest BCUT2D eigenvalue weighted by Crippen LogP contribution is 2.30. The van der Waals surface area contributed by atoms with E-state index in [1.165, 1.54) is 0 Å². The molecule has 0 radical (unpaired) electrons. The van der Waals surface area contributed by atoms with Crippen molar-refractivity contribution in [3.63, 3.8) is 0 Å². The molecule has 0 heterocycles. The molecule has 0 fully saturated rings. The Kier molecular flexibility index (Phi) is 8.49. The lowest BCUT2D eigenvalue weighted by Crippen LogP contribution is -2.22. The summed E-state index contributed by atoms with van der Waals surface area (Å²) in [4.78, 5) is 0. The average molecular weight is 237 g/mol. The predicted octanol–water partition coefficient (Wildman–Crippen LogP) is 3.33. The van der Waals surface area contributed by atoms with E-state index in [0.717, 1.165) is 25.3 Å². The minimum Gasteiger partial charge on any atom is -0.382 e. The second-order valence-electron chi connectivity index (χ2n) is 4.96. The predicted molar refractivity (Wildman–Crippen MR) is 65.6 cm³/mol. The molecule has 0 aromatic heterocycles. The van der Waals surface area contributed by atoms with Gasteiger partial charge in [-0.2, -0.15) is 0 Å². The van der Waals surface area contributed by atoms with Crippen LogP contribution in [0.4, 0.5) is 0 Å². The molecule has 0 saturated carbocycles. The van der Waals surface area contributed by atoms with Gasteiger partial charge in [0.25, 0.3) is 0 Å². The fourth-order valence-electron chi connectivity index (χ4n) is 1.42. The molecule has 0 rings (SSSR count). The van der Waals surface area contributed by atoms with Crippen molar-refractivity contribution >= 4 is 11.6 Å². The topological polar surface area (TPSA) is 18.5 Å². The Hall–Kier alpha value is 0.210. The maximum Gasteiger partial charge on any atom is 0.0700 e. The van der Waals surface area contributed by atoms with Crippen molar-refractivity contribution in [3.05, 3.63) is 0 Å². The van der Waals surface area contributed by atoms with Crippen LogP contribution in [0.15, 0.2) is 0 Å².